The molecule has 0 radical (unpaired) electrons. The normalized spacial score (nSPS) is 20.7. The smallest absolute Gasteiger partial charge is 0.213 e. The lowest BCUT2D eigenvalue weighted by Crippen LogP contribution is -2.56. The van der Waals surface area contributed by atoms with Crippen LogP contribution >= 0.6 is 0 Å². The molecule has 0 saturated carbocycles. The molecule has 0 bridgehead atoms. The topological polar surface area (TPSA) is 21.7 Å². The fraction of sp³-hybridized carbons (Fsp3) is 0.241. The highest BCUT2D eigenvalue weighted by Crippen LogP contribution is 2.47. The van der Waals surface area contributed by atoms with E-state index in [1.54, 1.807) is 0 Å². The molecule has 2 aliphatic rings. The summed E-state index contributed by atoms with van der Waals surface area (Å²) in [5.74, 6) is 7.78. The van der Waals surface area contributed by atoms with E-state index in [1.807, 2.05) is 24.3 Å². The molecule has 3 aromatic carbocycles. The largest absolute Gasteiger partial charge is 0.464 e. The Morgan fingerprint density at radius 3 is 2.22 bits per heavy atom. The van der Waals surface area contributed by atoms with Crippen molar-refractivity contribution < 1.29 is 9.47 Å². The van der Waals surface area contributed by atoms with Gasteiger partial charge in [-0.3, -0.25) is 4.90 Å². The highest BCUT2D eigenvalue weighted by molar-refractivity contribution is 5.87. The number of para-hydroxylation sites is 1. The van der Waals surface area contributed by atoms with Crippen molar-refractivity contribution in [2.24, 2.45) is 0 Å². The first-order valence-electron chi connectivity index (χ1n) is 11.2. The second-order valence-electron chi connectivity index (χ2n) is 8.32. The maximum absolute atomic E-state index is 6.90. The third-order valence-electron chi connectivity index (χ3n) is 6.30. The number of fused-ring (bicyclic) bond motifs is 1. The summed E-state index contributed by atoms with van der Waals surface area (Å²) < 4.78 is 12.6. The molecule has 0 spiro atoms. The number of hydrogen-bond acceptors (Lipinski definition) is 3. The molecule has 5 rings (SSSR count). The summed E-state index contributed by atoms with van der Waals surface area (Å²) in [5.41, 5.74) is 5.84. The van der Waals surface area contributed by atoms with Gasteiger partial charge in [0.1, 0.15) is 5.75 Å². The monoisotopic (exact) mass is 421 g/mol. The highest BCUT2D eigenvalue weighted by atomic mass is 16.5. The van der Waals surface area contributed by atoms with E-state index in [0.717, 1.165) is 46.7 Å². The van der Waals surface area contributed by atoms with Gasteiger partial charge in [0, 0.05) is 40.9 Å². The van der Waals surface area contributed by atoms with Crippen LogP contribution in [0.3, 0.4) is 0 Å². The second-order valence-corrected chi connectivity index (χ2v) is 8.32. The summed E-state index contributed by atoms with van der Waals surface area (Å²) in [6, 6.07) is 27.1. The van der Waals surface area contributed by atoms with Gasteiger partial charge >= 0.3 is 0 Å². The third kappa shape index (κ3) is 3.62. The zero-order valence-electron chi connectivity index (χ0n) is 18.6. The standard InChI is InChI=1S/C29H27NO2/c1-22-12-14-24(15-13-22)16-17-26-23(2)29(25-8-4-3-5-9-25,30-18-20-31-21-19-30)32-28-11-7-6-10-27(26)28/h3-15H,18-21H2,1-2H3. The van der Waals surface area contributed by atoms with Gasteiger partial charge < -0.3 is 9.47 Å². The van der Waals surface area contributed by atoms with Gasteiger partial charge in [-0.25, -0.2) is 0 Å². The van der Waals surface area contributed by atoms with E-state index < -0.39 is 5.72 Å². The van der Waals surface area contributed by atoms with E-state index in [0.29, 0.717) is 13.2 Å². The molecule has 0 aromatic heterocycles. The summed E-state index contributed by atoms with van der Waals surface area (Å²) >= 11 is 0. The summed E-state index contributed by atoms with van der Waals surface area (Å²) in [6.45, 7) is 7.24. The molecule has 3 nitrogen and oxygen atoms in total. The molecule has 160 valence electrons. The Morgan fingerprint density at radius 1 is 0.781 bits per heavy atom. The minimum atomic E-state index is -0.712. The lowest BCUT2D eigenvalue weighted by atomic mass is 9.84. The van der Waals surface area contributed by atoms with Crippen molar-refractivity contribution in [2.75, 3.05) is 26.3 Å². The van der Waals surface area contributed by atoms with Crippen molar-refractivity contribution in [2.45, 2.75) is 19.6 Å². The van der Waals surface area contributed by atoms with E-state index in [-0.39, 0.29) is 0 Å². The van der Waals surface area contributed by atoms with Crippen LogP contribution < -0.4 is 4.74 Å². The quantitative estimate of drug-likeness (QED) is 0.517. The van der Waals surface area contributed by atoms with Crippen molar-refractivity contribution in [1.82, 2.24) is 4.90 Å². The van der Waals surface area contributed by atoms with Gasteiger partial charge in [-0.05, 0) is 38.1 Å². The summed E-state index contributed by atoms with van der Waals surface area (Å²) in [5, 5.41) is 0. The Kier molecular flexibility index (Phi) is 5.57. The first-order chi connectivity index (χ1) is 15.7. The van der Waals surface area contributed by atoms with Crippen LogP contribution in [0.2, 0.25) is 0 Å². The summed E-state index contributed by atoms with van der Waals surface area (Å²) in [4.78, 5) is 2.39. The van der Waals surface area contributed by atoms with E-state index in [1.165, 1.54) is 5.56 Å². The van der Waals surface area contributed by atoms with Gasteiger partial charge in [-0.15, -0.1) is 0 Å². The summed E-state index contributed by atoms with van der Waals surface area (Å²) in [6.07, 6.45) is 0. The Hall–Kier alpha value is -3.32. The lowest BCUT2D eigenvalue weighted by molar-refractivity contribution is -0.106. The number of ether oxygens (including phenoxy) is 2. The number of aryl methyl sites for hydroxylation is 1. The Morgan fingerprint density at radius 2 is 1.47 bits per heavy atom. The molecule has 32 heavy (non-hydrogen) atoms. The summed E-state index contributed by atoms with van der Waals surface area (Å²) in [7, 11) is 0. The molecule has 0 aliphatic carbocycles. The van der Waals surface area contributed by atoms with Gasteiger partial charge in [-0.1, -0.05) is 72.0 Å². The van der Waals surface area contributed by atoms with Gasteiger partial charge in [0.15, 0.2) is 0 Å². The Balaban J connectivity index is 1.72. The van der Waals surface area contributed by atoms with Crippen LogP contribution in [0.4, 0.5) is 0 Å². The minimum absolute atomic E-state index is 0.692. The fourth-order valence-corrected chi connectivity index (χ4v) is 4.60. The molecular weight excluding hydrogens is 394 g/mol. The van der Waals surface area contributed by atoms with Gasteiger partial charge in [0.25, 0.3) is 0 Å². The number of hydrogen-bond donors (Lipinski definition) is 0. The van der Waals surface area contributed by atoms with E-state index in [2.05, 4.69) is 85.2 Å². The average molecular weight is 422 g/mol. The maximum Gasteiger partial charge on any atom is 0.213 e. The molecule has 1 saturated heterocycles. The molecule has 2 heterocycles. The zero-order valence-corrected chi connectivity index (χ0v) is 18.6. The average Bonchev–Trinajstić information content (AvgIpc) is 2.85. The van der Waals surface area contributed by atoms with Gasteiger partial charge in [0.05, 0.1) is 13.2 Å². The number of benzene rings is 3. The highest BCUT2D eigenvalue weighted by Gasteiger charge is 2.47. The first-order valence-corrected chi connectivity index (χ1v) is 11.2. The van der Waals surface area contributed by atoms with Crippen LogP contribution in [-0.2, 0) is 10.5 Å². The lowest BCUT2D eigenvalue weighted by Gasteiger charge is -2.48. The number of rotatable bonds is 2. The van der Waals surface area contributed by atoms with Crippen LogP contribution in [0, 0.1) is 18.8 Å². The molecule has 3 aromatic rings. The molecule has 2 aliphatic heterocycles. The van der Waals surface area contributed by atoms with Crippen LogP contribution in [0.1, 0.15) is 29.2 Å². The Labute approximate surface area is 190 Å². The second kappa shape index (κ2) is 8.67. The predicted octanol–water partition coefficient (Wildman–Crippen LogP) is 5.40. The predicted molar refractivity (Wildman–Crippen MR) is 128 cm³/mol. The maximum atomic E-state index is 6.90. The zero-order chi connectivity index (χ0) is 22.0. The first kappa shape index (κ1) is 20.6. The van der Waals surface area contributed by atoms with Gasteiger partial charge in [-0.2, -0.15) is 0 Å². The van der Waals surface area contributed by atoms with Crippen molar-refractivity contribution in [3.63, 3.8) is 0 Å². The van der Waals surface area contributed by atoms with Crippen molar-refractivity contribution in [1.29, 1.82) is 0 Å². The van der Waals surface area contributed by atoms with Crippen LogP contribution in [-0.4, -0.2) is 31.2 Å². The van der Waals surface area contributed by atoms with Crippen molar-refractivity contribution in [3.8, 4) is 17.6 Å². The van der Waals surface area contributed by atoms with Crippen LogP contribution in [0.15, 0.2) is 84.4 Å². The van der Waals surface area contributed by atoms with Crippen molar-refractivity contribution >= 4 is 5.57 Å². The van der Waals surface area contributed by atoms with E-state index in [4.69, 9.17) is 9.47 Å². The van der Waals surface area contributed by atoms with E-state index >= 15 is 0 Å². The SMILES string of the molecule is CC1=C(C#Cc2ccc(C)cc2)c2ccccc2OC1(c1ccccc1)N1CCOCC1. The molecule has 1 fully saturated rings. The Bertz CT molecular complexity index is 1200. The number of nitrogens with zero attached hydrogens (tertiary/aromatic N) is 1. The molecule has 0 amide bonds. The minimum Gasteiger partial charge on any atom is -0.464 e. The van der Waals surface area contributed by atoms with Gasteiger partial charge in [0.2, 0.25) is 5.72 Å². The molecule has 0 N–H and O–H groups in total. The fourth-order valence-electron chi connectivity index (χ4n) is 4.60. The van der Waals surface area contributed by atoms with Crippen LogP contribution in [0.25, 0.3) is 5.57 Å². The number of morpholine rings is 1. The van der Waals surface area contributed by atoms with Crippen molar-refractivity contribution in [3.05, 3.63) is 107 Å². The molecule has 1 atom stereocenters. The third-order valence-corrected chi connectivity index (χ3v) is 6.30. The van der Waals surface area contributed by atoms with E-state index in [9.17, 15) is 0 Å². The molecular formula is C29H27NO2. The van der Waals surface area contributed by atoms with Crippen LogP contribution in [0.5, 0.6) is 5.75 Å². The molecule has 1 unspecified atom stereocenters. The number of allylic oxidation sites excluding steroid dienone is 1. The molecule has 3 heteroatoms.